The quantitative estimate of drug-likeness (QED) is 0.0429. The van der Waals surface area contributed by atoms with Crippen LogP contribution < -0.4 is 21.7 Å². The minimum Gasteiger partial charge on any atom is -0.365 e. The van der Waals surface area contributed by atoms with E-state index in [0.717, 1.165) is 0 Å². The van der Waals surface area contributed by atoms with Crippen molar-refractivity contribution in [1.82, 2.24) is 20.7 Å². The summed E-state index contributed by atoms with van der Waals surface area (Å²) in [5, 5.41) is 33.0. The molecule has 1 aromatic heterocycles. The van der Waals surface area contributed by atoms with Gasteiger partial charge in [0.1, 0.15) is 11.1 Å². The highest BCUT2D eigenvalue weighted by Crippen LogP contribution is 2.25. The fourth-order valence-electron chi connectivity index (χ4n) is 3.61. The van der Waals surface area contributed by atoms with Gasteiger partial charge in [-0.15, -0.1) is 11.3 Å². The van der Waals surface area contributed by atoms with Crippen molar-refractivity contribution in [1.29, 1.82) is 0 Å². The molecule has 0 fully saturated rings. The molecule has 1 heterocycles. The van der Waals surface area contributed by atoms with E-state index >= 15 is 0 Å². The van der Waals surface area contributed by atoms with Crippen molar-refractivity contribution in [3.63, 3.8) is 0 Å². The van der Waals surface area contributed by atoms with Gasteiger partial charge in [0.05, 0.1) is 12.0 Å². The third kappa shape index (κ3) is 10.6. The van der Waals surface area contributed by atoms with E-state index in [1.807, 2.05) is 13.8 Å². The molecule has 0 bridgehead atoms. The zero-order chi connectivity index (χ0) is 26.5. The van der Waals surface area contributed by atoms with Crippen molar-refractivity contribution in [3.05, 3.63) is 21.7 Å². The fourth-order valence-corrected chi connectivity index (χ4v) is 4.14. The van der Waals surface area contributed by atoms with Crippen molar-refractivity contribution in [2.75, 3.05) is 11.9 Å². The summed E-state index contributed by atoms with van der Waals surface area (Å²) in [6.45, 7) is 7.56. The molecule has 6 N–H and O–H groups in total. The lowest BCUT2D eigenvalue weighted by molar-refractivity contribution is -0.485. The number of aromatic nitrogens is 1. The molecule has 1 aromatic rings. The van der Waals surface area contributed by atoms with E-state index in [4.69, 9.17) is 5.73 Å². The van der Waals surface area contributed by atoms with Gasteiger partial charge in [-0.3, -0.25) is 19.6 Å². The smallest absolute Gasteiger partial charge is 0.266 e. The van der Waals surface area contributed by atoms with Crippen LogP contribution in [0, 0.1) is 27.9 Å². The summed E-state index contributed by atoms with van der Waals surface area (Å²) in [6.07, 6.45) is 2.64. The molecule has 1 rings (SSSR count). The van der Waals surface area contributed by atoms with Gasteiger partial charge in [0, 0.05) is 18.1 Å². The zero-order valence-electron chi connectivity index (χ0n) is 20.2. The standard InChI is InChI=1S/C20H34N8O6S/c1-12(2)10-14(16(13(3)4)27(32)11-29)17(30)24-15(18(31)25-20-23-8-9-35-20)6-5-7-22-19(21)26-28(33)34/h8-9,11-16,32H,5-7,10H2,1-4H3,(H,24,30)(H3,21,22,26)(H,23,25,31)/t14-,15+,16+/m1/s1. The van der Waals surface area contributed by atoms with Gasteiger partial charge in [-0.05, 0) is 31.1 Å². The van der Waals surface area contributed by atoms with E-state index in [0.29, 0.717) is 23.0 Å². The topological polar surface area (TPSA) is 205 Å². The molecule has 0 saturated carbocycles. The van der Waals surface area contributed by atoms with E-state index in [9.17, 15) is 29.7 Å². The number of guanidine groups is 1. The van der Waals surface area contributed by atoms with Crippen LogP contribution in [0.1, 0.15) is 47.0 Å². The predicted octanol–water partition coefficient (Wildman–Crippen LogP) is 0.977. The first kappa shape index (κ1) is 29.7. The van der Waals surface area contributed by atoms with Crippen molar-refractivity contribution >= 4 is 40.7 Å². The molecule has 35 heavy (non-hydrogen) atoms. The monoisotopic (exact) mass is 514 g/mol. The lowest BCUT2D eigenvalue weighted by Crippen LogP contribution is -2.52. The molecule has 3 atom stereocenters. The van der Waals surface area contributed by atoms with Crippen LogP contribution in [0.25, 0.3) is 0 Å². The molecule has 0 aromatic carbocycles. The second-order valence-electron chi connectivity index (χ2n) is 8.64. The zero-order valence-corrected chi connectivity index (χ0v) is 21.0. The largest absolute Gasteiger partial charge is 0.365 e. The number of hydrogen-bond acceptors (Lipinski definition) is 8. The van der Waals surface area contributed by atoms with Crippen molar-refractivity contribution in [2.24, 2.45) is 28.6 Å². The molecule has 0 aliphatic heterocycles. The fraction of sp³-hybridized carbons (Fsp3) is 0.650. The summed E-state index contributed by atoms with van der Waals surface area (Å²) in [5.41, 5.74) is 5.40. The molecule has 0 spiro atoms. The van der Waals surface area contributed by atoms with Gasteiger partial charge in [0.25, 0.3) is 5.96 Å². The molecule has 196 valence electrons. The number of nitro groups is 1. The first-order valence-corrected chi connectivity index (χ1v) is 12.0. The Kier molecular flexibility index (Phi) is 12.6. The van der Waals surface area contributed by atoms with Crippen LogP contribution in [0.3, 0.4) is 0 Å². The number of hydrogen-bond donors (Lipinski definition) is 5. The van der Waals surface area contributed by atoms with Crippen LogP contribution in [-0.2, 0) is 14.4 Å². The number of carbonyl (C=O) groups excluding carboxylic acids is 3. The number of carbonyl (C=O) groups is 3. The van der Waals surface area contributed by atoms with E-state index < -0.39 is 34.8 Å². The number of hydroxylamine groups is 2. The van der Waals surface area contributed by atoms with E-state index in [1.165, 1.54) is 17.5 Å². The minimum absolute atomic E-state index is 0.0719. The highest BCUT2D eigenvalue weighted by molar-refractivity contribution is 7.13. The Morgan fingerprint density at radius 1 is 1.34 bits per heavy atom. The van der Waals surface area contributed by atoms with Crippen LogP contribution in [-0.4, -0.2) is 63.1 Å². The Morgan fingerprint density at radius 2 is 2.03 bits per heavy atom. The second-order valence-corrected chi connectivity index (χ2v) is 9.53. The summed E-state index contributed by atoms with van der Waals surface area (Å²) < 4.78 is 0. The summed E-state index contributed by atoms with van der Waals surface area (Å²) in [7, 11) is 0. The highest BCUT2D eigenvalue weighted by atomic mass is 32.1. The summed E-state index contributed by atoms with van der Waals surface area (Å²) >= 11 is 1.21. The van der Waals surface area contributed by atoms with Crippen LogP contribution >= 0.6 is 11.3 Å². The summed E-state index contributed by atoms with van der Waals surface area (Å²) in [6, 6.07) is -1.77. The van der Waals surface area contributed by atoms with Crippen LogP contribution in [0.15, 0.2) is 16.7 Å². The SMILES string of the molecule is CC(C)C[C@@H](C(=O)N[C@@H](CCCN/C(N)=N/[N+](=O)[O-])C(=O)Nc1nccs1)[C@H](C(C)C)N(O)C=O. The summed E-state index contributed by atoms with van der Waals surface area (Å²) in [4.78, 5) is 51.9. The number of anilines is 1. The Morgan fingerprint density at radius 3 is 2.54 bits per heavy atom. The van der Waals surface area contributed by atoms with Gasteiger partial charge < -0.3 is 21.7 Å². The number of thiazole rings is 1. The maximum atomic E-state index is 13.3. The number of hydrazone groups is 1. The van der Waals surface area contributed by atoms with Crippen LogP contribution in [0.5, 0.6) is 0 Å². The molecule has 0 aliphatic rings. The number of nitrogens with zero attached hydrogens (tertiary/aromatic N) is 4. The second kappa shape index (κ2) is 14.8. The Bertz CT molecular complexity index is 864. The number of amides is 3. The van der Waals surface area contributed by atoms with Crippen molar-refractivity contribution in [3.8, 4) is 0 Å². The first-order valence-electron chi connectivity index (χ1n) is 11.1. The number of rotatable bonds is 15. The highest BCUT2D eigenvalue weighted by Gasteiger charge is 2.36. The van der Waals surface area contributed by atoms with Gasteiger partial charge in [-0.25, -0.2) is 20.2 Å². The molecular formula is C20H34N8O6S. The van der Waals surface area contributed by atoms with Gasteiger partial charge in [-0.1, -0.05) is 27.7 Å². The summed E-state index contributed by atoms with van der Waals surface area (Å²) in [5.74, 6) is -2.31. The predicted molar refractivity (Wildman–Crippen MR) is 130 cm³/mol. The molecule has 0 aliphatic carbocycles. The Labute approximate surface area is 207 Å². The van der Waals surface area contributed by atoms with Gasteiger partial charge in [-0.2, -0.15) is 0 Å². The third-order valence-corrected chi connectivity index (χ3v) is 5.72. The van der Waals surface area contributed by atoms with Crippen molar-refractivity contribution in [2.45, 2.75) is 59.0 Å². The molecule has 15 heteroatoms. The van der Waals surface area contributed by atoms with Gasteiger partial charge >= 0.3 is 0 Å². The normalized spacial score (nSPS) is 14.2. The molecule has 0 radical (unpaired) electrons. The Balaban J connectivity index is 3.03. The van der Waals surface area contributed by atoms with Crippen LogP contribution in [0.4, 0.5) is 5.13 Å². The van der Waals surface area contributed by atoms with Gasteiger partial charge in [0.15, 0.2) is 10.2 Å². The average molecular weight is 515 g/mol. The first-order chi connectivity index (χ1) is 16.5. The number of nitrogens with two attached hydrogens (primary N) is 1. The maximum absolute atomic E-state index is 13.3. The van der Waals surface area contributed by atoms with Crippen molar-refractivity contribution < 1.29 is 24.6 Å². The molecular weight excluding hydrogens is 480 g/mol. The molecule has 14 nitrogen and oxygen atoms in total. The average Bonchev–Trinajstić information content (AvgIpc) is 3.26. The minimum atomic E-state index is -0.979. The Hall–Kier alpha value is -3.33. The van der Waals surface area contributed by atoms with E-state index in [2.05, 4.69) is 26.0 Å². The lowest BCUT2D eigenvalue weighted by Gasteiger charge is -2.34. The molecule has 0 unspecified atom stereocenters. The van der Waals surface area contributed by atoms with E-state index in [-0.39, 0.29) is 37.2 Å². The van der Waals surface area contributed by atoms with E-state index in [1.54, 1.807) is 19.2 Å². The third-order valence-electron chi connectivity index (χ3n) is 5.03. The van der Waals surface area contributed by atoms with Gasteiger partial charge in [0.2, 0.25) is 18.2 Å². The molecule has 0 saturated heterocycles. The lowest BCUT2D eigenvalue weighted by atomic mass is 9.83. The maximum Gasteiger partial charge on any atom is 0.266 e. The molecule has 3 amide bonds. The number of nitrogens with one attached hydrogen (secondary N) is 3. The van der Waals surface area contributed by atoms with Crippen LogP contribution in [0.2, 0.25) is 0 Å².